The van der Waals surface area contributed by atoms with Crippen molar-refractivity contribution >= 4 is 17.7 Å². The maximum atomic E-state index is 5.76. The summed E-state index contributed by atoms with van der Waals surface area (Å²) in [5, 5.41) is 0. The first-order valence-corrected chi connectivity index (χ1v) is 5.58. The van der Waals surface area contributed by atoms with Crippen molar-refractivity contribution < 1.29 is 0 Å². The minimum atomic E-state index is 0.448. The molecule has 0 bridgehead atoms. The van der Waals surface area contributed by atoms with Crippen LogP contribution < -0.4 is 11.5 Å². The number of hydrogen-bond donors (Lipinski definition) is 2. The van der Waals surface area contributed by atoms with Gasteiger partial charge in [0, 0.05) is 11.9 Å². The van der Waals surface area contributed by atoms with Crippen molar-refractivity contribution in [3.8, 4) is 0 Å². The summed E-state index contributed by atoms with van der Waals surface area (Å²) in [5.41, 5.74) is 14.8. The molecule has 0 radical (unpaired) electrons. The van der Waals surface area contributed by atoms with Crippen LogP contribution >= 0.6 is 0 Å². The quantitative estimate of drug-likeness (QED) is 0.630. The highest BCUT2D eigenvalue weighted by atomic mass is 14.9. The molecule has 1 aromatic carbocycles. The maximum absolute atomic E-state index is 5.76. The molecule has 92 valence electrons. The van der Waals surface area contributed by atoms with E-state index in [1.807, 2.05) is 31.2 Å². The van der Waals surface area contributed by atoms with Crippen LogP contribution in [0.4, 0.5) is 11.5 Å². The van der Waals surface area contributed by atoms with Gasteiger partial charge in [-0.3, -0.25) is 4.99 Å². The van der Waals surface area contributed by atoms with Gasteiger partial charge in [0.1, 0.15) is 12.1 Å². The van der Waals surface area contributed by atoms with Crippen LogP contribution in [0.3, 0.4) is 0 Å². The van der Waals surface area contributed by atoms with E-state index in [2.05, 4.69) is 15.0 Å². The second-order valence-corrected chi connectivity index (χ2v) is 3.97. The lowest BCUT2D eigenvalue weighted by Crippen LogP contribution is -2.01. The average Bonchev–Trinajstić information content (AvgIpc) is 2.35. The minimum Gasteiger partial charge on any atom is -0.399 e. The third kappa shape index (κ3) is 2.82. The van der Waals surface area contributed by atoms with Gasteiger partial charge in [0.15, 0.2) is 0 Å². The SMILES string of the molecule is Cc1ncnc(N)c1C=NCc1ccc(N)cc1. The molecule has 0 fully saturated rings. The summed E-state index contributed by atoms with van der Waals surface area (Å²) in [7, 11) is 0. The molecule has 0 aliphatic rings. The monoisotopic (exact) mass is 241 g/mol. The van der Waals surface area contributed by atoms with Gasteiger partial charge in [-0.1, -0.05) is 12.1 Å². The first-order chi connectivity index (χ1) is 8.66. The van der Waals surface area contributed by atoms with Crippen LogP contribution in [-0.4, -0.2) is 16.2 Å². The van der Waals surface area contributed by atoms with Crippen LogP contribution in [0.1, 0.15) is 16.8 Å². The average molecular weight is 241 g/mol. The van der Waals surface area contributed by atoms with Gasteiger partial charge < -0.3 is 11.5 Å². The van der Waals surface area contributed by atoms with Crippen molar-refractivity contribution in [1.29, 1.82) is 0 Å². The van der Waals surface area contributed by atoms with E-state index in [4.69, 9.17) is 11.5 Å². The van der Waals surface area contributed by atoms with Crippen molar-refractivity contribution in [2.45, 2.75) is 13.5 Å². The van der Waals surface area contributed by atoms with Crippen LogP contribution in [0, 0.1) is 6.92 Å². The zero-order valence-electron chi connectivity index (χ0n) is 10.2. The highest BCUT2D eigenvalue weighted by Crippen LogP contribution is 2.09. The predicted molar refractivity (Wildman–Crippen MR) is 73.3 cm³/mol. The van der Waals surface area contributed by atoms with Crippen molar-refractivity contribution in [3.63, 3.8) is 0 Å². The molecule has 4 N–H and O–H groups in total. The van der Waals surface area contributed by atoms with Gasteiger partial charge in [-0.15, -0.1) is 0 Å². The lowest BCUT2D eigenvalue weighted by atomic mass is 10.2. The third-order valence-corrected chi connectivity index (χ3v) is 2.59. The normalized spacial score (nSPS) is 10.9. The van der Waals surface area contributed by atoms with Crippen LogP contribution in [-0.2, 0) is 6.54 Å². The zero-order valence-corrected chi connectivity index (χ0v) is 10.2. The molecular weight excluding hydrogens is 226 g/mol. The zero-order chi connectivity index (χ0) is 13.0. The smallest absolute Gasteiger partial charge is 0.135 e. The van der Waals surface area contributed by atoms with Crippen molar-refractivity contribution in [1.82, 2.24) is 9.97 Å². The predicted octanol–water partition coefficient (Wildman–Crippen LogP) is 1.57. The van der Waals surface area contributed by atoms with Crippen molar-refractivity contribution in [2.24, 2.45) is 4.99 Å². The summed E-state index contributed by atoms with van der Waals surface area (Å²) in [5.74, 6) is 0.448. The van der Waals surface area contributed by atoms with E-state index >= 15 is 0 Å². The van der Waals surface area contributed by atoms with Crippen LogP contribution in [0.25, 0.3) is 0 Å². The number of anilines is 2. The van der Waals surface area contributed by atoms with E-state index in [0.717, 1.165) is 22.5 Å². The Morgan fingerprint density at radius 1 is 1.17 bits per heavy atom. The van der Waals surface area contributed by atoms with E-state index in [9.17, 15) is 0 Å². The molecule has 0 atom stereocenters. The largest absolute Gasteiger partial charge is 0.399 e. The van der Waals surface area contributed by atoms with Gasteiger partial charge in [-0.05, 0) is 24.6 Å². The van der Waals surface area contributed by atoms with E-state index in [0.29, 0.717) is 12.4 Å². The molecule has 0 unspecified atom stereocenters. The number of aliphatic imine (C=N–C) groups is 1. The molecule has 0 saturated carbocycles. The Kier molecular flexibility index (Phi) is 3.52. The molecule has 1 aromatic heterocycles. The summed E-state index contributed by atoms with van der Waals surface area (Å²) >= 11 is 0. The number of aromatic nitrogens is 2. The van der Waals surface area contributed by atoms with Crippen LogP contribution in [0.2, 0.25) is 0 Å². The Morgan fingerprint density at radius 2 is 1.89 bits per heavy atom. The Balaban J connectivity index is 2.10. The number of rotatable bonds is 3. The molecule has 1 heterocycles. The lowest BCUT2D eigenvalue weighted by Gasteiger charge is -2.01. The highest BCUT2D eigenvalue weighted by molar-refractivity contribution is 5.86. The Labute approximate surface area is 106 Å². The fourth-order valence-corrected chi connectivity index (χ4v) is 1.53. The van der Waals surface area contributed by atoms with Gasteiger partial charge in [0.2, 0.25) is 0 Å². The summed E-state index contributed by atoms with van der Waals surface area (Å²) in [6.07, 6.45) is 3.16. The van der Waals surface area contributed by atoms with E-state index in [1.54, 1.807) is 6.21 Å². The maximum Gasteiger partial charge on any atom is 0.135 e. The molecule has 5 nitrogen and oxygen atoms in total. The van der Waals surface area contributed by atoms with Crippen LogP contribution in [0.5, 0.6) is 0 Å². The highest BCUT2D eigenvalue weighted by Gasteiger charge is 2.01. The Morgan fingerprint density at radius 3 is 2.56 bits per heavy atom. The number of hydrogen-bond acceptors (Lipinski definition) is 5. The minimum absolute atomic E-state index is 0.448. The molecule has 2 rings (SSSR count). The molecule has 18 heavy (non-hydrogen) atoms. The topological polar surface area (TPSA) is 90.2 Å². The Bertz CT molecular complexity index is 540. The van der Waals surface area contributed by atoms with Crippen molar-refractivity contribution in [2.75, 3.05) is 11.5 Å². The molecule has 5 heteroatoms. The van der Waals surface area contributed by atoms with E-state index in [1.165, 1.54) is 6.33 Å². The molecule has 0 spiro atoms. The van der Waals surface area contributed by atoms with Crippen molar-refractivity contribution in [3.05, 3.63) is 47.4 Å². The summed E-state index contributed by atoms with van der Waals surface area (Å²) in [4.78, 5) is 12.4. The molecule has 0 aliphatic heterocycles. The molecular formula is C13H15N5. The van der Waals surface area contributed by atoms with E-state index < -0.39 is 0 Å². The molecule has 2 aromatic rings. The summed E-state index contributed by atoms with van der Waals surface area (Å²) in [6.45, 7) is 2.46. The number of aryl methyl sites for hydroxylation is 1. The number of benzene rings is 1. The first kappa shape index (κ1) is 12.0. The van der Waals surface area contributed by atoms with Gasteiger partial charge >= 0.3 is 0 Å². The first-order valence-electron chi connectivity index (χ1n) is 5.58. The summed E-state index contributed by atoms with van der Waals surface area (Å²) in [6, 6.07) is 7.61. The summed E-state index contributed by atoms with van der Waals surface area (Å²) < 4.78 is 0. The number of nitrogens with zero attached hydrogens (tertiary/aromatic N) is 3. The fourth-order valence-electron chi connectivity index (χ4n) is 1.53. The third-order valence-electron chi connectivity index (χ3n) is 2.59. The number of nitrogens with two attached hydrogens (primary N) is 2. The molecule has 0 aliphatic carbocycles. The molecule has 0 amide bonds. The van der Waals surface area contributed by atoms with E-state index in [-0.39, 0.29) is 0 Å². The second kappa shape index (κ2) is 5.27. The van der Waals surface area contributed by atoms with Gasteiger partial charge in [0.05, 0.1) is 17.8 Å². The van der Waals surface area contributed by atoms with Gasteiger partial charge in [0.25, 0.3) is 0 Å². The lowest BCUT2D eigenvalue weighted by molar-refractivity contribution is 1.06. The van der Waals surface area contributed by atoms with Gasteiger partial charge in [-0.2, -0.15) is 0 Å². The van der Waals surface area contributed by atoms with Gasteiger partial charge in [-0.25, -0.2) is 9.97 Å². The van der Waals surface area contributed by atoms with Crippen LogP contribution in [0.15, 0.2) is 35.6 Å². The standard InChI is InChI=1S/C13H15N5/c1-9-12(13(15)18-8-17-9)7-16-6-10-2-4-11(14)5-3-10/h2-5,7-8H,6,14H2,1H3,(H2,15,17,18). The molecule has 0 saturated heterocycles. The second-order valence-electron chi connectivity index (χ2n) is 3.97. The fraction of sp³-hybridized carbons (Fsp3) is 0.154. The number of nitrogen functional groups attached to an aromatic ring is 2. The Hall–Kier alpha value is -2.43.